The molecule has 2 heterocycles. The topological polar surface area (TPSA) is 66.9 Å². The molecule has 2 aliphatic rings. The number of rotatable bonds is 5. The van der Waals surface area contributed by atoms with E-state index in [9.17, 15) is 13.2 Å². The molecule has 4 rings (SSSR count). The minimum Gasteiger partial charge on any atom is -0.484 e. The lowest BCUT2D eigenvalue weighted by Crippen LogP contribution is -2.35. The molecule has 0 atom stereocenters. The Morgan fingerprint density at radius 2 is 1.71 bits per heavy atom. The van der Waals surface area contributed by atoms with E-state index >= 15 is 0 Å². The summed E-state index contributed by atoms with van der Waals surface area (Å²) in [4.78, 5) is 14.6. The lowest BCUT2D eigenvalue weighted by Gasteiger charge is -2.26. The van der Waals surface area contributed by atoms with Crippen molar-refractivity contribution in [3.63, 3.8) is 0 Å². The summed E-state index contributed by atoms with van der Waals surface area (Å²) in [7, 11) is -3.46. The zero-order valence-corrected chi connectivity index (χ0v) is 16.5. The van der Waals surface area contributed by atoms with Gasteiger partial charge in [-0.25, -0.2) is 8.42 Å². The Hall–Kier alpha value is -2.38. The van der Waals surface area contributed by atoms with Gasteiger partial charge in [-0.2, -0.15) is 4.31 Å². The van der Waals surface area contributed by atoms with Crippen LogP contribution in [0, 0.1) is 0 Å². The van der Waals surface area contributed by atoms with E-state index in [1.54, 1.807) is 27.4 Å². The Bertz CT molecular complexity index is 954. The summed E-state index contributed by atoms with van der Waals surface area (Å²) in [6, 6.07) is 14.3. The fourth-order valence-electron chi connectivity index (χ4n) is 3.79. The van der Waals surface area contributed by atoms with Crippen molar-refractivity contribution >= 4 is 21.6 Å². The molecular formula is C21H24N2O4S. The Morgan fingerprint density at radius 3 is 2.46 bits per heavy atom. The van der Waals surface area contributed by atoms with Crippen LogP contribution in [-0.2, 0) is 21.2 Å². The van der Waals surface area contributed by atoms with E-state index in [-0.39, 0.29) is 12.5 Å². The Morgan fingerprint density at radius 1 is 0.964 bits per heavy atom. The molecule has 0 bridgehead atoms. The van der Waals surface area contributed by atoms with E-state index in [1.165, 1.54) is 0 Å². The van der Waals surface area contributed by atoms with Gasteiger partial charge in [-0.1, -0.05) is 24.6 Å². The fourth-order valence-corrected chi connectivity index (χ4v) is 5.36. The third-order valence-corrected chi connectivity index (χ3v) is 7.20. The zero-order chi connectivity index (χ0) is 19.6. The summed E-state index contributed by atoms with van der Waals surface area (Å²) >= 11 is 0. The van der Waals surface area contributed by atoms with Gasteiger partial charge in [0.15, 0.2) is 6.61 Å². The van der Waals surface area contributed by atoms with Gasteiger partial charge < -0.3 is 9.64 Å². The van der Waals surface area contributed by atoms with Crippen LogP contribution >= 0.6 is 0 Å². The van der Waals surface area contributed by atoms with Crippen LogP contribution < -0.4 is 9.64 Å². The van der Waals surface area contributed by atoms with Gasteiger partial charge >= 0.3 is 0 Å². The molecule has 6 nitrogen and oxygen atoms in total. The summed E-state index contributed by atoms with van der Waals surface area (Å²) in [5.74, 6) is 0.521. The van der Waals surface area contributed by atoms with Gasteiger partial charge in [0, 0.05) is 25.3 Å². The first-order valence-electron chi connectivity index (χ1n) is 9.67. The van der Waals surface area contributed by atoms with Crippen LogP contribution in [0.15, 0.2) is 53.4 Å². The van der Waals surface area contributed by atoms with Crippen molar-refractivity contribution in [2.24, 2.45) is 0 Å². The second-order valence-corrected chi connectivity index (χ2v) is 9.09. The van der Waals surface area contributed by atoms with Crippen LogP contribution in [0.5, 0.6) is 5.75 Å². The monoisotopic (exact) mass is 400 g/mol. The first-order chi connectivity index (χ1) is 13.6. The predicted octanol–water partition coefficient (Wildman–Crippen LogP) is 2.83. The number of carbonyl (C=O) groups is 1. The average molecular weight is 401 g/mol. The number of hydrogen-bond donors (Lipinski definition) is 0. The standard InChI is InChI=1S/C21H24N2O4S/c24-21(16-27-18-7-3-1-4-8-18)23-14-11-17-15-19(9-10-20(17)23)28(25,26)22-12-5-2-6-13-22/h1,3-4,7-10,15H,2,5-6,11-14,16H2. The van der Waals surface area contributed by atoms with Gasteiger partial charge in [0.1, 0.15) is 5.75 Å². The molecule has 0 aliphatic carbocycles. The molecular weight excluding hydrogens is 376 g/mol. The molecule has 0 aromatic heterocycles. The van der Waals surface area contributed by atoms with Crippen molar-refractivity contribution in [2.45, 2.75) is 30.6 Å². The van der Waals surface area contributed by atoms with E-state index in [0.717, 1.165) is 30.5 Å². The van der Waals surface area contributed by atoms with Gasteiger partial charge in [0.2, 0.25) is 10.0 Å². The van der Waals surface area contributed by atoms with E-state index in [1.807, 2.05) is 30.3 Å². The maximum atomic E-state index is 12.9. The number of para-hydroxylation sites is 1. The molecule has 2 aromatic rings. The number of benzene rings is 2. The summed E-state index contributed by atoms with van der Waals surface area (Å²) in [5.41, 5.74) is 1.67. The second kappa shape index (κ2) is 7.93. The Labute approximate surface area is 165 Å². The smallest absolute Gasteiger partial charge is 0.264 e. The molecule has 0 unspecified atom stereocenters. The van der Waals surface area contributed by atoms with E-state index in [2.05, 4.69) is 0 Å². The van der Waals surface area contributed by atoms with Crippen molar-refractivity contribution in [1.82, 2.24) is 4.31 Å². The molecule has 28 heavy (non-hydrogen) atoms. The number of nitrogens with zero attached hydrogens (tertiary/aromatic N) is 2. The minimum atomic E-state index is -3.46. The Kier molecular flexibility index (Phi) is 5.37. The molecule has 0 saturated carbocycles. The number of fused-ring (bicyclic) bond motifs is 1. The van der Waals surface area contributed by atoms with Gasteiger partial charge in [-0.3, -0.25) is 4.79 Å². The summed E-state index contributed by atoms with van der Waals surface area (Å²) in [6.07, 6.45) is 3.55. The number of ether oxygens (including phenoxy) is 1. The largest absolute Gasteiger partial charge is 0.484 e. The van der Waals surface area contributed by atoms with Gasteiger partial charge in [-0.05, 0) is 55.2 Å². The van der Waals surface area contributed by atoms with Crippen molar-refractivity contribution in [1.29, 1.82) is 0 Å². The van der Waals surface area contributed by atoms with Crippen molar-refractivity contribution in [3.05, 3.63) is 54.1 Å². The van der Waals surface area contributed by atoms with Crippen LogP contribution in [-0.4, -0.2) is 44.9 Å². The molecule has 1 fully saturated rings. The number of anilines is 1. The van der Waals surface area contributed by atoms with Crippen molar-refractivity contribution in [2.75, 3.05) is 31.1 Å². The molecule has 0 spiro atoms. The Balaban J connectivity index is 1.48. The molecule has 0 radical (unpaired) electrons. The zero-order valence-electron chi connectivity index (χ0n) is 15.7. The highest BCUT2D eigenvalue weighted by molar-refractivity contribution is 7.89. The van der Waals surface area contributed by atoms with E-state index in [0.29, 0.717) is 36.7 Å². The van der Waals surface area contributed by atoms with E-state index in [4.69, 9.17) is 4.74 Å². The summed E-state index contributed by atoms with van der Waals surface area (Å²) in [5, 5.41) is 0. The molecule has 7 heteroatoms. The van der Waals surface area contributed by atoms with Gasteiger partial charge in [-0.15, -0.1) is 0 Å². The normalized spacial score (nSPS) is 17.4. The first kappa shape index (κ1) is 19.0. The number of carbonyl (C=O) groups excluding carboxylic acids is 1. The van der Waals surface area contributed by atoms with Gasteiger partial charge in [0.05, 0.1) is 4.90 Å². The third kappa shape index (κ3) is 3.77. The number of amides is 1. The van der Waals surface area contributed by atoms with Crippen LogP contribution in [0.1, 0.15) is 24.8 Å². The SMILES string of the molecule is O=C(COc1ccccc1)N1CCc2cc(S(=O)(=O)N3CCCCC3)ccc21. The van der Waals surface area contributed by atoms with Crippen LogP contribution in [0.4, 0.5) is 5.69 Å². The highest BCUT2D eigenvalue weighted by Crippen LogP contribution is 2.32. The molecule has 1 saturated heterocycles. The van der Waals surface area contributed by atoms with Gasteiger partial charge in [0.25, 0.3) is 5.91 Å². The number of hydrogen-bond acceptors (Lipinski definition) is 4. The molecule has 2 aliphatic heterocycles. The van der Waals surface area contributed by atoms with Crippen LogP contribution in [0.3, 0.4) is 0 Å². The average Bonchev–Trinajstić information content (AvgIpc) is 3.17. The lowest BCUT2D eigenvalue weighted by molar-refractivity contribution is -0.120. The quantitative estimate of drug-likeness (QED) is 0.774. The number of piperidine rings is 1. The molecule has 1 amide bonds. The minimum absolute atomic E-state index is 0.0444. The third-order valence-electron chi connectivity index (χ3n) is 5.31. The van der Waals surface area contributed by atoms with Crippen molar-refractivity contribution < 1.29 is 17.9 Å². The predicted molar refractivity (Wildman–Crippen MR) is 107 cm³/mol. The highest BCUT2D eigenvalue weighted by Gasteiger charge is 2.30. The summed E-state index contributed by atoms with van der Waals surface area (Å²) < 4.78 is 32.9. The van der Waals surface area contributed by atoms with Crippen LogP contribution in [0.25, 0.3) is 0 Å². The number of sulfonamides is 1. The second-order valence-electron chi connectivity index (χ2n) is 7.15. The molecule has 148 valence electrons. The summed E-state index contributed by atoms with van der Waals surface area (Å²) in [6.45, 7) is 1.67. The fraction of sp³-hybridized carbons (Fsp3) is 0.381. The van der Waals surface area contributed by atoms with E-state index < -0.39 is 10.0 Å². The first-order valence-corrected chi connectivity index (χ1v) is 11.1. The maximum absolute atomic E-state index is 12.9. The molecule has 2 aromatic carbocycles. The van der Waals surface area contributed by atoms with Crippen LogP contribution in [0.2, 0.25) is 0 Å². The van der Waals surface area contributed by atoms with Crippen molar-refractivity contribution in [3.8, 4) is 5.75 Å². The maximum Gasteiger partial charge on any atom is 0.264 e. The lowest BCUT2D eigenvalue weighted by atomic mass is 10.2. The highest BCUT2D eigenvalue weighted by atomic mass is 32.2. The molecule has 0 N–H and O–H groups in total.